The molecule has 0 radical (unpaired) electrons. The molecule has 5 nitrogen and oxygen atoms in total. The van der Waals surface area contributed by atoms with Gasteiger partial charge in [-0.2, -0.15) is 0 Å². The van der Waals surface area contributed by atoms with Gasteiger partial charge >= 0.3 is 7.25 Å². The first-order valence-corrected chi connectivity index (χ1v) is 5.61. The average Bonchev–Trinajstić information content (AvgIpc) is 2.35. The van der Waals surface area contributed by atoms with Gasteiger partial charge in [-0.15, -0.1) is 0 Å². The minimum atomic E-state index is -0.576. The van der Waals surface area contributed by atoms with Crippen molar-refractivity contribution in [3.05, 3.63) is 23.8 Å². The standard InChI is InChI=1S/C11H18BN3O2/c1-10(2)11(3,4)17-12(16-10)15-6-5-8(13)7-9(15)14/h5-7,14H,13H2,1-4H3. The van der Waals surface area contributed by atoms with Gasteiger partial charge in [0.1, 0.15) is 5.49 Å². The Balaban J connectivity index is 2.36. The summed E-state index contributed by atoms with van der Waals surface area (Å²) in [7, 11) is -0.576. The van der Waals surface area contributed by atoms with Crippen molar-refractivity contribution in [2.75, 3.05) is 5.73 Å². The number of nitrogens with one attached hydrogen (secondary N) is 1. The lowest BCUT2D eigenvalue weighted by molar-refractivity contribution is 0.00578. The van der Waals surface area contributed by atoms with Crippen LogP contribution in [0.2, 0.25) is 0 Å². The molecule has 0 saturated carbocycles. The fourth-order valence-corrected chi connectivity index (χ4v) is 1.64. The molecule has 0 aromatic carbocycles. The maximum atomic E-state index is 7.86. The molecule has 17 heavy (non-hydrogen) atoms. The lowest BCUT2D eigenvalue weighted by Crippen LogP contribution is -2.41. The van der Waals surface area contributed by atoms with Crippen LogP contribution in [-0.4, -0.2) is 22.9 Å². The van der Waals surface area contributed by atoms with E-state index >= 15 is 0 Å². The van der Waals surface area contributed by atoms with Crippen LogP contribution in [0, 0.1) is 5.41 Å². The van der Waals surface area contributed by atoms with Gasteiger partial charge in [-0.3, -0.25) is 5.41 Å². The van der Waals surface area contributed by atoms with Crippen molar-refractivity contribution in [1.29, 1.82) is 5.41 Å². The third-order valence-electron chi connectivity index (χ3n) is 3.48. The number of nitrogen functional groups attached to an aromatic ring is 1. The van der Waals surface area contributed by atoms with Gasteiger partial charge in [0.25, 0.3) is 0 Å². The van der Waals surface area contributed by atoms with E-state index < -0.39 is 18.5 Å². The lowest BCUT2D eigenvalue weighted by Gasteiger charge is -2.32. The summed E-state index contributed by atoms with van der Waals surface area (Å²) < 4.78 is 13.3. The van der Waals surface area contributed by atoms with Crippen LogP contribution in [0.25, 0.3) is 0 Å². The highest BCUT2D eigenvalue weighted by atomic mass is 16.7. The maximum absolute atomic E-state index is 7.86. The minimum Gasteiger partial charge on any atom is -0.399 e. The highest BCUT2D eigenvalue weighted by Gasteiger charge is 2.52. The SMILES string of the molecule is CC1(C)OB(n2ccc(N)cc2=N)OC1(C)C. The second-order valence-electron chi connectivity index (χ2n) is 5.32. The number of rotatable bonds is 1. The fraction of sp³-hybridized carbons (Fsp3) is 0.545. The average molecular weight is 235 g/mol. The molecule has 0 atom stereocenters. The third-order valence-corrected chi connectivity index (χ3v) is 3.48. The van der Waals surface area contributed by atoms with Crippen molar-refractivity contribution in [1.82, 2.24) is 4.48 Å². The number of aromatic nitrogens is 1. The van der Waals surface area contributed by atoms with E-state index in [1.165, 1.54) is 0 Å². The van der Waals surface area contributed by atoms with E-state index in [1.807, 2.05) is 27.7 Å². The third kappa shape index (κ3) is 1.98. The second-order valence-corrected chi connectivity index (χ2v) is 5.32. The molecule has 2 rings (SSSR count). The van der Waals surface area contributed by atoms with Crippen LogP contribution in [0.15, 0.2) is 18.3 Å². The summed E-state index contributed by atoms with van der Waals surface area (Å²) in [5.74, 6) is 0. The normalized spacial score (nSPS) is 21.8. The molecular formula is C11H18BN3O2. The molecule has 0 unspecified atom stereocenters. The lowest BCUT2D eigenvalue weighted by atomic mass is 9.90. The van der Waals surface area contributed by atoms with Gasteiger partial charge < -0.3 is 19.5 Å². The maximum Gasteiger partial charge on any atom is 0.599 e. The van der Waals surface area contributed by atoms with Crippen molar-refractivity contribution >= 4 is 12.9 Å². The van der Waals surface area contributed by atoms with Crippen molar-refractivity contribution in [3.63, 3.8) is 0 Å². The molecule has 0 bridgehead atoms. The van der Waals surface area contributed by atoms with Crippen molar-refractivity contribution in [2.24, 2.45) is 0 Å². The van der Waals surface area contributed by atoms with Crippen LogP contribution < -0.4 is 11.2 Å². The second kappa shape index (κ2) is 3.61. The molecule has 0 amide bonds. The van der Waals surface area contributed by atoms with Crippen molar-refractivity contribution in [2.45, 2.75) is 38.9 Å². The van der Waals surface area contributed by atoms with Gasteiger partial charge in [0.05, 0.1) is 11.2 Å². The minimum absolute atomic E-state index is 0.267. The quantitative estimate of drug-likeness (QED) is 0.713. The van der Waals surface area contributed by atoms with E-state index in [4.69, 9.17) is 20.5 Å². The Morgan fingerprint density at radius 2 is 1.76 bits per heavy atom. The van der Waals surface area contributed by atoms with Gasteiger partial charge in [-0.05, 0) is 40.0 Å². The molecule has 3 N–H and O–H groups in total. The molecule has 1 aliphatic rings. The smallest absolute Gasteiger partial charge is 0.399 e. The van der Waals surface area contributed by atoms with E-state index in [0.29, 0.717) is 5.69 Å². The molecule has 1 aromatic rings. The van der Waals surface area contributed by atoms with Gasteiger partial charge in [-0.25, -0.2) is 0 Å². The van der Waals surface area contributed by atoms with Crippen LogP contribution >= 0.6 is 0 Å². The Labute approximate surface area is 101 Å². The molecule has 92 valence electrons. The van der Waals surface area contributed by atoms with E-state index in [-0.39, 0.29) is 5.49 Å². The molecule has 1 fully saturated rings. The topological polar surface area (TPSA) is 73.3 Å². The predicted octanol–water partition coefficient (Wildman–Crippen LogP) is 0.987. The Morgan fingerprint density at radius 3 is 2.24 bits per heavy atom. The number of anilines is 1. The van der Waals surface area contributed by atoms with Gasteiger partial charge in [0.2, 0.25) is 0 Å². The molecule has 2 heterocycles. The summed E-state index contributed by atoms with van der Waals surface area (Å²) in [4.78, 5) is 0. The van der Waals surface area contributed by atoms with Gasteiger partial charge in [0, 0.05) is 11.8 Å². The molecule has 0 spiro atoms. The molecule has 1 saturated heterocycles. The van der Waals surface area contributed by atoms with Crippen LogP contribution in [0.1, 0.15) is 27.7 Å². The van der Waals surface area contributed by atoms with Crippen molar-refractivity contribution in [3.8, 4) is 0 Å². The largest absolute Gasteiger partial charge is 0.599 e. The Hall–Kier alpha value is -1.27. The zero-order valence-corrected chi connectivity index (χ0v) is 10.7. The predicted molar refractivity (Wildman–Crippen MR) is 66.2 cm³/mol. The molecule has 0 aliphatic carbocycles. The first kappa shape index (κ1) is 12.2. The zero-order chi connectivity index (χ0) is 12.8. The Kier molecular flexibility index (Phi) is 2.59. The molecule has 6 heteroatoms. The molecule has 1 aliphatic heterocycles. The monoisotopic (exact) mass is 235 g/mol. The number of hydrogen-bond acceptors (Lipinski definition) is 4. The van der Waals surface area contributed by atoms with E-state index in [0.717, 1.165) is 0 Å². The van der Waals surface area contributed by atoms with Crippen LogP contribution in [-0.2, 0) is 9.31 Å². The summed E-state index contributed by atoms with van der Waals surface area (Å²) in [5.41, 5.74) is 5.63. The summed E-state index contributed by atoms with van der Waals surface area (Å²) in [6.45, 7) is 7.92. The molecular weight excluding hydrogens is 217 g/mol. The Morgan fingerprint density at radius 1 is 1.24 bits per heavy atom. The number of hydrogen-bond donors (Lipinski definition) is 2. The van der Waals surface area contributed by atoms with Gasteiger partial charge in [-0.1, -0.05) is 0 Å². The fourth-order valence-electron chi connectivity index (χ4n) is 1.64. The van der Waals surface area contributed by atoms with Crippen LogP contribution in [0.5, 0.6) is 0 Å². The Bertz CT molecular complexity index is 480. The van der Waals surface area contributed by atoms with E-state index in [2.05, 4.69) is 0 Å². The van der Waals surface area contributed by atoms with Crippen molar-refractivity contribution < 1.29 is 9.31 Å². The summed E-state index contributed by atoms with van der Waals surface area (Å²) in [6.07, 6.45) is 1.71. The summed E-state index contributed by atoms with van der Waals surface area (Å²) in [6, 6.07) is 3.30. The summed E-state index contributed by atoms with van der Waals surface area (Å²) >= 11 is 0. The van der Waals surface area contributed by atoms with E-state index in [9.17, 15) is 0 Å². The highest BCUT2D eigenvalue weighted by Crippen LogP contribution is 2.36. The zero-order valence-electron chi connectivity index (χ0n) is 10.7. The number of nitrogens with zero attached hydrogens (tertiary/aromatic N) is 1. The summed E-state index contributed by atoms with van der Waals surface area (Å²) in [5, 5.41) is 7.86. The highest BCUT2D eigenvalue weighted by molar-refractivity contribution is 6.43. The van der Waals surface area contributed by atoms with E-state index in [1.54, 1.807) is 22.8 Å². The number of pyridine rings is 1. The first-order valence-electron chi connectivity index (χ1n) is 5.61. The molecule has 1 aromatic heterocycles. The number of nitrogens with two attached hydrogens (primary N) is 1. The van der Waals surface area contributed by atoms with Crippen LogP contribution in [0.4, 0.5) is 5.69 Å². The van der Waals surface area contributed by atoms with Gasteiger partial charge in [0.15, 0.2) is 0 Å². The first-order chi connectivity index (χ1) is 7.73. The van der Waals surface area contributed by atoms with Crippen LogP contribution in [0.3, 0.4) is 0 Å².